The highest BCUT2D eigenvalue weighted by molar-refractivity contribution is 5.99. The van der Waals surface area contributed by atoms with Crippen molar-refractivity contribution in [3.8, 4) is 17.1 Å². The summed E-state index contributed by atoms with van der Waals surface area (Å²) in [4.78, 5) is 38.0. The highest BCUT2D eigenvalue weighted by atomic mass is 16.6. The third kappa shape index (κ3) is 6.20. The Kier molecular flexibility index (Phi) is 7.54. The summed E-state index contributed by atoms with van der Waals surface area (Å²) in [6, 6.07) is 19.4. The number of para-hydroxylation sites is 1. The minimum atomic E-state index is -0.679. The zero-order valence-electron chi connectivity index (χ0n) is 20.6. The highest BCUT2D eigenvalue weighted by Gasteiger charge is 2.34. The number of hydrogen-bond acceptors (Lipinski definition) is 6. The summed E-state index contributed by atoms with van der Waals surface area (Å²) in [6.07, 6.45) is 5.24. The molecule has 0 spiro atoms. The zero-order valence-corrected chi connectivity index (χ0v) is 20.6. The molecular weight excluding hydrogens is 472 g/mol. The fourth-order valence-corrected chi connectivity index (χ4v) is 4.47. The van der Waals surface area contributed by atoms with Gasteiger partial charge in [-0.25, -0.2) is 4.79 Å². The number of nitrogens with zero attached hydrogens (tertiary/aromatic N) is 1. The molecule has 0 bridgehead atoms. The summed E-state index contributed by atoms with van der Waals surface area (Å²) < 4.78 is 16.5. The van der Waals surface area contributed by atoms with Crippen LogP contribution in [0.25, 0.3) is 11.3 Å². The van der Waals surface area contributed by atoms with Crippen LogP contribution in [-0.4, -0.2) is 41.6 Å². The number of benzene rings is 2. The standard InChI is InChI=1S/C29H30N2O6/c32-27-26(37-29(34)30-27)9-2-1-5-17-35-25-8-4-3-7-22(25)19-31(23-15-16-23)28(33)21-13-11-20(12-14-21)24-10-6-18-36-24/h3-4,6-8,10-14,18,23,26H,1-2,5,9,15-17,19H2,(H,30,32,34). The van der Waals surface area contributed by atoms with Crippen molar-refractivity contribution in [2.24, 2.45) is 0 Å². The second kappa shape index (κ2) is 11.3. The lowest BCUT2D eigenvalue weighted by molar-refractivity contribution is -0.123. The zero-order chi connectivity index (χ0) is 25.6. The van der Waals surface area contributed by atoms with Crippen LogP contribution < -0.4 is 10.1 Å². The van der Waals surface area contributed by atoms with E-state index in [1.807, 2.05) is 65.6 Å². The van der Waals surface area contributed by atoms with E-state index in [1.54, 1.807) is 6.26 Å². The first kappa shape index (κ1) is 24.6. The number of hydrogen-bond donors (Lipinski definition) is 1. The van der Waals surface area contributed by atoms with E-state index in [0.29, 0.717) is 25.1 Å². The molecular formula is C29H30N2O6. The number of amides is 3. The molecule has 2 fully saturated rings. The van der Waals surface area contributed by atoms with Crippen molar-refractivity contribution < 1.29 is 28.3 Å². The molecule has 37 heavy (non-hydrogen) atoms. The largest absolute Gasteiger partial charge is 0.493 e. The average Bonchev–Trinajstić information content (AvgIpc) is 3.49. The van der Waals surface area contributed by atoms with Crippen LogP contribution in [0.3, 0.4) is 0 Å². The summed E-state index contributed by atoms with van der Waals surface area (Å²) in [6.45, 7) is 1.01. The van der Waals surface area contributed by atoms with Crippen molar-refractivity contribution in [1.82, 2.24) is 10.2 Å². The van der Waals surface area contributed by atoms with Crippen LogP contribution in [0.4, 0.5) is 4.79 Å². The molecule has 1 atom stereocenters. The van der Waals surface area contributed by atoms with Crippen LogP contribution >= 0.6 is 0 Å². The van der Waals surface area contributed by atoms with E-state index in [2.05, 4.69) is 5.32 Å². The minimum absolute atomic E-state index is 0.0138. The molecule has 8 heteroatoms. The number of carbonyl (C=O) groups excluding carboxylic acids is 3. The van der Waals surface area contributed by atoms with Crippen LogP contribution in [0.2, 0.25) is 0 Å². The highest BCUT2D eigenvalue weighted by Crippen LogP contribution is 2.32. The van der Waals surface area contributed by atoms with E-state index in [4.69, 9.17) is 13.9 Å². The van der Waals surface area contributed by atoms with Gasteiger partial charge in [-0.3, -0.25) is 14.9 Å². The van der Waals surface area contributed by atoms with Crippen molar-refractivity contribution in [3.05, 3.63) is 78.1 Å². The Hall–Kier alpha value is -4.07. The quantitative estimate of drug-likeness (QED) is 0.337. The van der Waals surface area contributed by atoms with E-state index >= 15 is 0 Å². The van der Waals surface area contributed by atoms with Crippen LogP contribution in [0, 0.1) is 0 Å². The second-order valence-electron chi connectivity index (χ2n) is 9.41. The Morgan fingerprint density at radius 3 is 2.49 bits per heavy atom. The molecule has 3 aromatic rings. The van der Waals surface area contributed by atoms with Gasteiger partial charge in [-0.1, -0.05) is 30.3 Å². The summed E-state index contributed by atoms with van der Waals surface area (Å²) in [5, 5.41) is 2.14. The van der Waals surface area contributed by atoms with Gasteiger partial charge >= 0.3 is 6.09 Å². The second-order valence-corrected chi connectivity index (χ2v) is 9.41. The number of carbonyl (C=O) groups is 3. The van der Waals surface area contributed by atoms with Gasteiger partial charge < -0.3 is 18.8 Å². The Balaban J connectivity index is 1.15. The van der Waals surface area contributed by atoms with E-state index in [-0.39, 0.29) is 17.9 Å². The topological polar surface area (TPSA) is 98.1 Å². The molecule has 0 radical (unpaired) electrons. The minimum Gasteiger partial charge on any atom is -0.493 e. The van der Waals surface area contributed by atoms with Gasteiger partial charge in [0.05, 0.1) is 12.9 Å². The van der Waals surface area contributed by atoms with Crippen LogP contribution in [0.1, 0.15) is 54.4 Å². The van der Waals surface area contributed by atoms with Gasteiger partial charge in [-0.2, -0.15) is 0 Å². The van der Waals surface area contributed by atoms with E-state index < -0.39 is 12.2 Å². The molecule has 1 saturated heterocycles. The Bertz CT molecular complexity index is 1230. The summed E-state index contributed by atoms with van der Waals surface area (Å²) >= 11 is 0. The van der Waals surface area contributed by atoms with Gasteiger partial charge in [-0.05, 0) is 68.9 Å². The lowest BCUT2D eigenvalue weighted by Crippen LogP contribution is -2.32. The third-order valence-electron chi connectivity index (χ3n) is 6.63. The monoisotopic (exact) mass is 502 g/mol. The number of unbranched alkanes of at least 4 members (excludes halogenated alkanes) is 2. The molecule has 1 aromatic heterocycles. The van der Waals surface area contributed by atoms with E-state index in [9.17, 15) is 14.4 Å². The summed E-state index contributed by atoms with van der Waals surface area (Å²) in [5.41, 5.74) is 2.57. The van der Waals surface area contributed by atoms with Crippen molar-refractivity contribution in [2.75, 3.05) is 6.61 Å². The summed E-state index contributed by atoms with van der Waals surface area (Å²) in [5.74, 6) is 1.20. The first-order chi connectivity index (χ1) is 18.1. The lowest BCUT2D eigenvalue weighted by atomic mass is 10.1. The average molecular weight is 503 g/mol. The van der Waals surface area contributed by atoms with Gasteiger partial charge in [0.15, 0.2) is 6.10 Å². The number of ether oxygens (including phenoxy) is 2. The first-order valence-corrected chi connectivity index (χ1v) is 12.8. The van der Waals surface area contributed by atoms with Gasteiger partial charge in [-0.15, -0.1) is 0 Å². The van der Waals surface area contributed by atoms with Crippen LogP contribution in [-0.2, 0) is 16.1 Å². The molecule has 2 heterocycles. The van der Waals surface area contributed by atoms with Gasteiger partial charge in [0.25, 0.3) is 11.8 Å². The van der Waals surface area contributed by atoms with Crippen molar-refractivity contribution in [1.29, 1.82) is 0 Å². The molecule has 192 valence electrons. The maximum atomic E-state index is 13.4. The van der Waals surface area contributed by atoms with Crippen LogP contribution in [0.5, 0.6) is 5.75 Å². The van der Waals surface area contributed by atoms with Gasteiger partial charge in [0.1, 0.15) is 11.5 Å². The fraction of sp³-hybridized carbons (Fsp3) is 0.345. The maximum absolute atomic E-state index is 13.4. The van der Waals surface area contributed by atoms with Crippen molar-refractivity contribution in [3.63, 3.8) is 0 Å². The Labute approximate surface area is 215 Å². The lowest BCUT2D eigenvalue weighted by Gasteiger charge is -2.24. The fourth-order valence-electron chi connectivity index (χ4n) is 4.47. The third-order valence-corrected chi connectivity index (χ3v) is 6.63. The molecule has 1 saturated carbocycles. The number of furan rings is 1. The molecule has 1 aliphatic heterocycles. The van der Waals surface area contributed by atoms with E-state index in [0.717, 1.165) is 54.7 Å². The number of cyclic esters (lactones) is 1. The van der Waals surface area contributed by atoms with Crippen LogP contribution in [0.15, 0.2) is 71.3 Å². The number of nitrogens with one attached hydrogen (secondary N) is 1. The molecule has 1 N–H and O–H groups in total. The Morgan fingerprint density at radius 2 is 1.78 bits per heavy atom. The Morgan fingerprint density at radius 1 is 0.973 bits per heavy atom. The van der Waals surface area contributed by atoms with Crippen molar-refractivity contribution in [2.45, 2.75) is 57.2 Å². The predicted molar refractivity (Wildman–Crippen MR) is 136 cm³/mol. The molecule has 1 aliphatic carbocycles. The number of rotatable bonds is 12. The van der Waals surface area contributed by atoms with Gasteiger partial charge in [0.2, 0.25) is 0 Å². The molecule has 3 amide bonds. The normalized spacial score (nSPS) is 16.8. The predicted octanol–water partition coefficient (Wildman–Crippen LogP) is 5.33. The molecule has 5 rings (SSSR count). The smallest absolute Gasteiger partial charge is 0.414 e. The SMILES string of the molecule is O=C1NC(=O)C(CCCCCOc2ccccc2CN(C(=O)c2ccc(-c3ccco3)cc2)C2CC2)O1. The molecule has 2 aromatic carbocycles. The number of alkyl carbamates (subject to hydrolysis) is 1. The number of imide groups is 1. The molecule has 1 unspecified atom stereocenters. The molecule has 8 nitrogen and oxygen atoms in total. The summed E-state index contributed by atoms with van der Waals surface area (Å²) in [7, 11) is 0. The maximum Gasteiger partial charge on any atom is 0.414 e. The van der Waals surface area contributed by atoms with Gasteiger partial charge in [0, 0.05) is 29.3 Å². The first-order valence-electron chi connectivity index (χ1n) is 12.8. The van der Waals surface area contributed by atoms with Crippen molar-refractivity contribution >= 4 is 17.9 Å². The van der Waals surface area contributed by atoms with E-state index in [1.165, 1.54) is 0 Å². The molecule has 2 aliphatic rings.